The van der Waals surface area contributed by atoms with Gasteiger partial charge in [0.1, 0.15) is 11.4 Å². The third-order valence-electron chi connectivity index (χ3n) is 5.81. The van der Waals surface area contributed by atoms with Crippen molar-refractivity contribution in [2.75, 3.05) is 26.7 Å². The van der Waals surface area contributed by atoms with E-state index in [0.29, 0.717) is 17.0 Å². The number of benzene rings is 2. The highest BCUT2D eigenvalue weighted by Gasteiger charge is 2.24. The Morgan fingerprint density at radius 1 is 1.10 bits per heavy atom. The van der Waals surface area contributed by atoms with Crippen molar-refractivity contribution in [3.05, 3.63) is 76.8 Å². The number of aromatic amines is 1. The summed E-state index contributed by atoms with van der Waals surface area (Å²) >= 11 is 5.42. The SMILES string of the molecule is COc1ccc([C@H](CNC(=O)c2c[nH]c(=S)n2-c2ccccc2)N2CCCCC2)cc1. The summed E-state index contributed by atoms with van der Waals surface area (Å²) in [5.41, 5.74) is 2.54. The third kappa shape index (κ3) is 4.89. The number of aromatic nitrogens is 2. The van der Waals surface area contributed by atoms with E-state index in [4.69, 9.17) is 17.0 Å². The third-order valence-corrected chi connectivity index (χ3v) is 6.11. The average molecular weight is 437 g/mol. The van der Waals surface area contributed by atoms with Gasteiger partial charge in [-0.05, 0) is 68.0 Å². The summed E-state index contributed by atoms with van der Waals surface area (Å²) in [6.45, 7) is 2.60. The maximum atomic E-state index is 13.1. The fourth-order valence-corrected chi connectivity index (χ4v) is 4.43. The lowest BCUT2D eigenvalue weighted by Crippen LogP contribution is -2.41. The smallest absolute Gasteiger partial charge is 0.269 e. The first-order chi connectivity index (χ1) is 15.2. The van der Waals surface area contributed by atoms with Crippen molar-refractivity contribution in [1.29, 1.82) is 0 Å². The van der Waals surface area contributed by atoms with E-state index in [1.807, 2.05) is 42.5 Å². The highest BCUT2D eigenvalue weighted by atomic mass is 32.1. The molecule has 4 rings (SSSR count). The lowest BCUT2D eigenvalue weighted by Gasteiger charge is -2.35. The van der Waals surface area contributed by atoms with E-state index in [-0.39, 0.29) is 11.9 Å². The van der Waals surface area contributed by atoms with E-state index in [1.165, 1.54) is 24.8 Å². The monoisotopic (exact) mass is 436 g/mol. The first-order valence-corrected chi connectivity index (χ1v) is 11.1. The zero-order valence-corrected chi connectivity index (χ0v) is 18.5. The lowest BCUT2D eigenvalue weighted by molar-refractivity contribution is 0.0917. The number of hydrogen-bond donors (Lipinski definition) is 2. The van der Waals surface area contributed by atoms with Gasteiger partial charge in [-0.25, -0.2) is 0 Å². The molecular formula is C24H28N4O2S. The van der Waals surface area contributed by atoms with E-state index in [9.17, 15) is 4.79 Å². The van der Waals surface area contributed by atoms with Gasteiger partial charge in [0, 0.05) is 18.4 Å². The molecule has 0 bridgehead atoms. The molecule has 6 nitrogen and oxygen atoms in total. The van der Waals surface area contributed by atoms with Gasteiger partial charge in [0.05, 0.1) is 13.2 Å². The van der Waals surface area contributed by atoms with Crippen LogP contribution in [-0.2, 0) is 0 Å². The number of hydrogen-bond acceptors (Lipinski definition) is 4. The first-order valence-electron chi connectivity index (χ1n) is 10.7. The standard InChI is InChI=1S/C24H28N4O2S/c1-30-20-12-10-18(11-13-20)21(27-14-6-3-7-15-27)16-25-23(29)22-17-26-24(31)28(22)19-8-4-2-5-9-19/h2,4-5,8-13,17,21H,3,6-7,14-16H2,1H3,(H,25,29)(H,26,31)/t21-/m0/s1. The van der Waals surface area contributed by atoms with Gasteiger partial charge in [0.2, 0.25) is 0 Å². The molecule has 1 aliphatic rings. The van der Waals surface area contributed by atoms with Gasteiger partial charge in [-0.15, -0.1) is 0 Å². The predicted octanol–water partition coefficient (Wildman–Crippen LogP) is 4.50. The van der Waals surface area contributed by atoms with Crippen LogP contribution < -0.4 is 10.1 Å². The van der Waals surface area contributed by atoms with Crippen LogP contribution >= 0.6 is 12.2 Å². The van der Waals surface area contributed by atoms with Crippen molar-refractivity contribution in [1.82, 2.24) is 19.8 Å². The molecule has 2 N–H and O–H groups in total. The molecule has 2 heterocycles. The summed E-state index contributed by atoms with van der Waals surface area (Å²) in [5, 5.41) is 3.15. The van der Waals surface area contributed by atoms with Gasteiger partial charge in [0.15, 0.2) is 4.77 Å². The van der Waals surface area contributed by atoms with E-state index in [2.05, 4.69) is 27.3 Å². The number of likely N-dealkylation sites (tertiary alicyclic amines) is 1. The number of imidazole rings is 1. The van der Waals surface area contributed by atoms with E-state index in [0.717, 1.165) is 24.5 Å². The van der Waals surface area contributed by atoms with Gasteiger partial charge < -0.3 is 15.0 Å². The summed E-state index contributed by atoms with van der Waals surface area (Å²) in [4.78, 5) is 18.6. The Bertz CT molecular complexity index is 1050. The number of carbonyl (C=O) groups is 1. The summed E-state index contributed by atoms with van der Waals surface area (Å²) in [7, 11) is 1.67. The molecule has 0 saturated carbocycles. The number of para-hydroxylation sites is 1. The van der Waals surface area contributed by atoms with Crippen LogP contribution in [0.2, 0.25) is 0 Å². The Kier molecular flexibility index (Phi) is 6.84. The summed E-state index contributed by atoms with van der Waals surface area (Å²) in [6.07, 6.45) is 5.31. The fraction of sp³-hybridized carbons (Fsp3) is 0.333. The molecule has 0 aliphatic carbocycles. The fourth-order valence-electron chi connectivity index (χ4n) is 4.16. The summed E-state index contributed by atoms with van der Waals surface area (Å²) in [6, 6.07) is 17.9. The molecule has 31 heavy (non-hydrogen) atoms. The zero-order valence-electron chi connectivity index (χ0n) is 17.7. The molecule has 3 aromatic rings. The molecule has 1 amide bonds. The van der Waals surface area contributed by atoms with Gasteiger partial charge in [0.25, 0.3) is 5.91 Å². The Balaban J connectivity index is 1.54. The molecule has 162 valence electrons. The van der Waals surface area contributed by atoms with Crippen LogP contribution in [0.3, 0.4) is 0 Å². The van der Waals surface area contributed by atoms with Crippen molar-refractivity contribution in [3.8, 4) is 11.4 Å². The number of carbonyl (C=O) groups excluding carboxylic acids is 1. The largest absolute Gasteiger partial charge is 0.497 e. The first kappa shape index (κ1) is 21.3. The minimum Gasteiger partial charge on any atom is -0.497 e. The molecule has 1 saturated heterocycles. The van der Waals surface area contributed by atoms with Crippen molar-refractivity contribution < 1.29 is 9.53 Å². The molecule has 2 aromatic carbocycles. The molecule has 1 fully saturated rings. The van der Waals surface area contributed by atoms with Gasteiger partial charge in [-0.3, -0.25) is 14.3 Å². The van der Waals surface area contributed by atoms with Crippen molar-refractivity contribution >= 4 is 18.1 Å². The second-order valence-corrected chi connectivity index (χ2v) is 8.13. The van der Waals surface area contributed by atoms with Gasteiger partial charge in [-0.1, -0.05) is 36.8 Å². The van der Waals surface area contributed by atoms with Crippen molar-refractivity contribution in [3.63, 3.8) is 0 Å². The minimum absolute atomic E-state index is 0.113. The average Bonchev–Trinajstić information content (AvgIpc) is 3.22. The van der Waals surface area contributed by atoms with Gasteiger partial charge >= 0.3 is 0 Å². The maximum absolute atomic E-state index is 13.1. The van der Waals surface area contributed by atoms with Crippen molar-refractivity contribution in [2.24, 2.45) is 0 Å². The highest BCUT2D eigenvalue weighted by Crippen LogP contribution is 2.26. The van der Waals surface area contributed by atoms with E-state index in [1.54, 1.807) is 17.9 Å². The van der Waals surface area contributed by atoms with Crippen LogP contribution in [0.15, 0.2) is 60.8 Å². The quantitative estimate of drug-likeness (QED) is 0.536. The minimum atomic E-state index is -0.147. The van der Waals surface area contributed by atoms with Gasteiger partial charge in [-0.2, -0.15) is 0 Å². The van der Waals surface area contributed by atoms with Crippen LogP contribution in [-0.4, -0.2) is 47.1 Å². The van der Waals surface area contributed by atoms with E-state index < -0.39 is 0 Å². The maximum Gasteiger partial charge on any atom is 0.269 e. The second kappa shape index (κ2) is 9.94. The van der Waals surface area contributed by atoms with Crippen LogP contribution in [0.5, 0.6) is 5.75 Å². The normalized spacial score (nSPS) is 15.4. The van der Waals surface area contributed by atoms with Crippen LogP contribution in [0.4, 0.5) is 0 Å². The molecular weight excluding hydrogens is 408 g/mol. The molecule has 1 atom stereocenters. The highest BCUT2D eigenvalue weighted by molar-refractivity contribution is 7.71. The molecule has 0 spiro atoms. The Labute approximate surface area is 187 Å². The number of H-pyrrole nitrogens is 1. The number of amides is 1. The number of nitrogens with zero attached hydrogens (tertiary/aromatic N) is 2. The molecule has 0 radical (unpaired) electrons. The Hall–Kier alpha value is -2.90. The lowest BCUT2D eigenvalue weighted by atomic mass is 10.0. The molecule has 1 aliphatic heterocycles. The molecule has 0 unspecified atom stereocenters. The van der Waals surface area contributed by atoms with Crippen LogP contribution in [0, 0.1) is 4.77 Å². The second-order valence-electron chi connectivity index (χ2n) is 7.75. The van der Waals surface area contributed by atoms with Crippen molar-refractivity contribution in [2.45, 2.75) is 25.3 Å². The predicted molar refractivity (Wildman–Crippen MR) is 124 cm³/mol. The number of rotatable bonds is 7. The molecule has 7 heteroatoms. The summed E-state index contributed by atoms with van der Waals surface area (Å²) in [5.74, 6) is 0.686. The van der Waals surface area contributed by atoms with Crippen LogP contribution in [0.25, 0.3) is 5.69 Å². The topological polar surface area (TPSA) is 62.3 Å². The number of piperidine rings is 1. The van der Waals surface area contributed by atoms with Crippen LogP contribution in [0.1, 0.15) is 41.4 Å². The summed E-state index contributed by atoms with van der Waals surface area (Å²) < 4.78 is 7.58. The van der Waals surface area contributed by atoms with E-state index >= 15 is 0 Å². The zero-order chi connectivity index (χ0) is 21.6. The Morgan fingerprint density at radius 3 is 2.48 bits per heavy atom. The number of ether oxygens (including phenoxy) is 1. The number of nitrogens with one attached hydrogen (secondary N) is 2. The number of methoxy groups -OCH3 is 1. The molecule has 1 aromatic heterocycles. The Morgan fingerprint density at radius 2 is 1.81 bits per heavy atom.